The highest BCUT2D eigenvalue weighted by Crippen LogP contribution is 2.29. The number of aliphatic hydroxyl groups is 1. The molecule has 3 unspecified atom stereocenters. The minimum Gasteiger partial charge on any atom is -0.496 e. The summed E-state index contributed by atoms with van der Waals surface area (Å²) < 4.78 is 37.0. The zero-order valence-corrected chi connectivity index (χ0v) is 62.3. The van der Waals surface area contributed by atoms with E-state index < -0.39 is 53.4 Å². The number of hydrogen-bond acceptors (Lipinski definition) is 10. The summed E-state index contributed by atoms with van der Waals surface area (Å²) in [5, 5.41) is 69.7. The van der Waals surface area contributed by atoms with Crippen molar-refractivity contribution >= 4 is 41.8 Å². The summed E-state index contributed by atoms with van der Waals surface area (Å²) in [6.07, 6.45) is 3.10. The Labute approximate surface area is 601 Å². The maximum atomic E-state index is 13.2. The fourth-order valence-electron chi connectivity index (χ4n) is 9.70. The SMILES string of the molecule is CC(C)C1CCC(C(C)O)OC1.CC(C)Cc1ccc(C(=O)O)cc1.CC(C)c1ccc(C(=O)O)c(F)c1.CC(C)c1ccc(C(=O)O)cc1.CC(C)c1ccc(C(=O)O)cc1F.CC(C)c1ccc(CC(=O)O)cc1.CC(C)c1cccc(C(=O)O)c1.COc1cc(C(=O)O)ccc1C(C)C. The van der Waals surface area contributed by atoms with E-state index >= 15 is 0 Å². The number of aliphatic carboxylic acids is 1. The van der Waals surface area contributed by atoms with Gasteiger partial charge >= 0.3 is 41.8 Å². The average Bonchev–Trinajstić information content (AvgIpc) is 0.863. The van der Waals surface area contributed by atoms with Crippen LogP contribution in [-0.2, 0) is 22.4 Å². The number of halogens is 2. The van der Waals surface area contributed by atoms with Gasteiger partial charge < -0.3 is 50.3 Å². The van der Waals surface area contributed by atoms with Crippen molar-refractivity contribution in [2.75, 3.05) is 13.7 Å². The van der Waals surface area contributed by atoms with Gasteiger partial charge in [-0.25, -0.2) is 37.5 Å². The molecule has 1 aliphatic rings. The number of carbonyl (C=O) groups is 7. The Hall–Kier alpha value is -9.59. The number of benzene rings is 7. The molecule has 17 nitrogen and oxygen atoms in total. The van der Waals surface area contributed by atoms with Crippen molar-refractivity contribution in [2.45, 2.75) is 191 Å². The zero-order chi connectivity index (χ0) is 77.8. The van der Waals surface area contributed by atoms with E-state index in [1.54, 1.807) is 80.8 Å². The third kappa shape index (κ3) is 34.2. The van der Waals surface area contributed by atoms with E-state index in [0.29, 0.717) is 69.4 Å². The summed E-state index contributed by atoms with van der Waals surface area (Å²) in [5.74, 6) is -3.18. The average molecular weight is 1420 g/mol. The Morgan fingerprint density at radius 3 is 1.19 bits per heavy atom. The van der Waals surface area contributed by atoms with E-state index in [1.807, 2.05) is 110 Å². The summed E-state index contributed by atoms with van der Waals surface area (Å²) in [6, 6.07) is 42.0. The summed E-state index contributed by atoms with van der Waals surface area (Å²) in [5.41, 5.74) is 8.94. The van der Waals surface area contributed by atoms with Gasteiger partial charge in [-0.3, -0.25) is 4.79 Å². The molecule has 0 aliphatic carbocycles. The molecule has 0 amide bonds. The first-order valence-corrected chi connectivity index (χ1v) is 34.2. The van der Waals surface area contributed by atoms with Crippen LogP contribution in [-0.4, -0.2) is 109 Å². The second kappa shape index (κ2) is 46.0. The molecule has 1 heterocycles. The maximum absolute atomic E-state index is 13.2. The van der Waals surface area contributed by atoms with Gasteiger partial charge in [0.1, 0.15) is 17.4 Å². The molecule has 0 spiro atoms. The molecule has 8 rings (SSSR count). The van der Waals surface area contributed by atoms with Crippen molar-refractivity contribution in [3.05, 3.63) is 241 Å². The van der Waals surface area contributed by atoms with Crippen molar-refractivity contribution < 1.29 is 92.7 Å². The van der Waals surface area contributed by atoms with Crippen LogP contribution in [0.25, 0.3) is 0 Å². The van der Waals surface area contributed by atoms with Crippen LogP contribution in [0, 0.1) is 29.4 Å². The van der Waals surface area contributed by atoms with Gasteiger partial charge in [0, 0.05) is 0 Å². The lowest BCUT2D eigenvalue weighted by molar-refractivity contribution is -0.136. The van der Waals surface area contributed by atoms with Gasteiger partial charge in [0.15, 0.2) is 0 Å². The highest BCUT2D eigenvalue weighted by molar-refractivity contribution is 5.90. The Balaban J connectivity index is 0.000000583. The predicted molar refractivity (Wildman–Crippen MR) is 397 cm³/mol. The second-order valence-electron chi connectivity index (χ2n) is 27.2. The standard InChI is InChI=1S/C11H14O3.2C11H14O2.2C10H11FO2.C10H20O2.2C10H12O2/c1-7(2)9-5-4-8(11(12)13)6-10(9)14-3;1-8(2)10-5-3-9(4-6-10)7-11(12)13;1-8(2)7-9-3-5-10(6-4-9)11(12)13;1-6(2)8-4-3-7(10(12)13)5-9(8)11;1-6(2)7-3-4-8(10(12)13)9(11)5-7;1-7(2)9-4-5-10(8(3)11)12-6-9;1-7(2)8-3-5-9(6-4-8)10(11)12;1-7(2)8-4-3-5-9(6-8)10(11)12/h4-7H,1-3H3,(H,12,13);2*3-6,8H,7H2,1-2H3,(H,12,13);2*3-6H,1-2H3,(H,12,13);7-11H,4-6H2,1-3H3;2*3-7H,1-2H3,(H,11,12). The number of hydrogen-bond donors (Lipinski definition) is 8. The number of aromatic carboxylic acids is 6. The van der Waals surface area contributed by atoms with Crippen LogP contribution < -0.4 is 4.74 Å². The van der Waals surface area contributed by atoms with E-state index in [-0.39, 0.29) is 47.2 Å². The van der Waals surface area contributed by atoms with Crippen LogP contribution >= 0.6 is 0 Å². The second-order valence-corrected chi connectivity index (χ2v) is 27.2. The molecule has 102 heavy (non-hydrogen) atoms. The number of methoxy groups -OCH3 is 1. The van der Waals surface area contributed by atoms with E-state index in [2.05, 4.69) is 55.4 Å². The molecular formula is C83H108F2O17. The molecule has 1 fully saturated rings. The molecule has 0 bridgehead atoms. The fourth-order valence-corrected chi connectivity index (χ4v) is 9.70. The summed E-state index contributed by atoms with van der Waals surface area (Å²) in [7, 11) is 1.55. The Morgan fingerprint density at radius 2 is 0.824 bits per heavy atom. The van der Waals surface area contributed by atoms with Crippen LogP contribution in [0.4, 0.5) is 8.78 Å². The number of ether oxygens (including phenoxy) is 2. The Bertz CT molecular complexity index is 3700. The van der Waals surface area contributed by atoms with Gasteiger partial charge in [-0.2, -0.15) is 0 Å². The van der Waals surface area contributed by atoms with E-state index in [1.165, 1.54) is 47.4 Å². The molecule has 1 saturated heterocycles. The van der Waals surface area contributed by atoms with Crippen molar-refractivity contribution in [2.24, 2.45) is 17.8 Å². The van der Waals surface area contributed by atoms with Gasteiger partial charge in [-0.05, 0) is 197 Å². The van der Waals surface area contributed by atoms with Gasteiger partial charge in [0.05, 0.1) is 65.7 Å². The van der Waals surface area contributed by atoms with Crippen LogP contribution in [0.3, 0.4) is 0 Å². The summed E-state index contributed by atoms with van der Waals surface area (Å²) >= 11 is 0. The molecule has 7 aromatic carbocycles. The van der Waals surface area contributed by atoms with E-state index in [9.17, 15) is 47.4 Å². The monoisotopic (exact) mass is 1410 g/mol. The number of aliphatic hydroxyl groups excluding tert-OH is 1. The van der Waals surface area contributed by atoms with Crippen molar-refractivity contribution in [3.8, 4) is 5.75 Å². The van der Waals surface area contributed by atoms with Gasteiger partial charge in [-0.15, -0.1) is 0 Å². The van der Waals surface area contributed by atoms with Crippen molar-refractivity contribution in [1.82, 2.24) is 0 Å². The lowest BCUT2D eigenvalue weighted by atomic mass is 9.88. The molecule has 3 atom stereocenters. The van der Waals surface area contributed by atoms with Gasteiger partial charge in [0.2, 0.25) is 0 Å². The normalized spacial score (nSPS) is 13.1. The summed E-state index contributed by atoms with van der Waals surface area (Å²) in [6.45, 7) is 35.5. The number of carboxylic acid groups (broad SMARTS) is 7. The van der Waals surface area contributed by atoms with Crippen LogP contribution in [0.15, 0.2) is 152 Å². The quantitative estimate of drug-likeness (QED) is 0.0373. The first kappa shape index (κ1) is 90.4. The van der Waals surface area contributed by atoms with E-state index in [4.69, 9.17) is 45.2 Å². The largest absolute Gasteiger partial charge is 0.496 e. The van der Waals surface area contributed by atoms with Crippen LogP contribution in [0.2, 0.25) is 0 Å². The minimum atomic E-state index is -1.23. The predicted octanol–water partition coefficient (Wildman–Crippen LogP) is 19.7. The third-order valence-electron chi connectivity index (χ3n) is 16.2. The first-order chi connectivity index (χ1) is 47.6. The smallest absolute Gasteiger partial charge is 0.338 e. The van der Waals surface area contributed by atoms with Gasteiger partial charge in [0.25, 0.3) is 0 Å². The van der Waals surface area contributed by atoms with Gasteiger partial charge in [-0.1, -0.05) is 190 Å². The van der Waals surface area contributed by atoms with Crippen molar-refractivity contribution in [3.63, 3.8) is 0 Å². The van der Waals surface area contributed by atoms with E-state index in [0.717, 1.165) is 47.8 Å². The first-order valence-electron chi connectivity index (χ1n) is 34.2. The Kier molecular flexibility index (Phi) is 40.8. The molecule has 1 aliphatic heterocycles. The highest BCUT2D eigenvalue weighted by atomic mass is 19.1. The Morgan fingerprint density at radius 1 is 0.422 bits per heavy atom. The summed E-state index contributed by atoms with van der Waals surface area (Å²) in [4.78, 5) is 73.6. The van der Waals surface area contributed by atoms with Crippen molar-refractivity contribution in [1.29, 1.82) is 0 Å². The molecule has 19 heteroatoms. The zero-order valence-electron chi connectivity index (χ0n) is 62.3. The van der Waals surface area contributed by atoms with Crippen LogP contribution in [0.5, 0.6) is 5.75 Å². The molecule has 0 saturated carbocycles. The molecular weight excluding hydrogens is 1310 g/mol. The minimum absolute atomic E-state index is 0.0121. The molecule has 556 valence electrons. The molecule has 0 radical (unpaired) electrons. The highest BCUT2D eigenvalue weighted by Gasteiger charge is 2.26. The maximum Gasteiger partial charge on any atom is 0.338 e. The topological polar surface area (TPSA) is 300 Å². The number of carboxylic acids is 7. The number of rotatable bonds is 19. The molecule has 7 aromatic rings. The third-order valence-corrected chi connectivity index (χ3v) is 16.2. The fraction of sp³-hybridized carbons (Fsp3) is 0.410. The lowest BCUT2D eigenvalue weighted by Crippen LogP contribution is -2.35. The molecule has 8 N–H and O–H groups in total. The lowest BCUT2D eigenvalue weighted by Gasteiger charge is -2.32. The van der Waals surface area contributed by atoms with Crippen LogP contribution in [0.1, 0.15) is 273 Å². The molecule has 0 aromatic heterocycles.